The monoisotopic (exact) mass is 387 g/mol. The van der Waals surface area contributed by atoms with Crippen molar-refractivity contribution in [1.29, 1.82) is 0 Å². The van der Waals surface area contributed by atoms with Crippen LogP contribution in [0.25, 0.3) is 0 Å². The Kier molecular flexibility index (Phi) is 7.14. The van der Waals surface area contributed by atoms with E-state index in [0.29, 0.717) is 23.8 Å². The summed E-state index contributed by atoms with van der Waals surface area (Å²) in [5.74, 6) is 1.09. The zero-order chi connectivity index (χ0) is 20.7. The SMILES string of the molecule is CCOc1cc(/C=N\Nc2nc(C)cc(=O)[nH]2)ccc1O[C@H](C)C(=O)N(C)C. The Bertz CT molecular complexity index is 907. The standard InChI is InChI=1S/C19H25N5O4/c1-6-27-16-10-14(7-8-15(16)28-13(3)18(26)24(4)5)11-20-23-19-21-12(2)9-17(25)22-19/h7-11,13H,6H2,1-5H3,(H2,21,22,23,25)/b20-11-/t13-/m1/s1. The maximum absolute atomic E-state index is 12.0. The molecule has 0 saturated carbocycles. The van der Waals surface area contributed by atoms with Crippen molar-refractivity contribution in [1.82, 2.24) is 14.9 Å². The van der Waals surface area contributed by atoms with Gasteiger partial charge in [0.2, 0.25) is 5.95 Å². The summed E-state index contributed by atoms with van der Waals surface area (Å²) in [5, 5.41) is 4.07. The smallest absolute Gasteiger partial charge is 0.262 e. The highest BCUT2D eigenvalue weighted by atomic mass is 16.5. The van der Waals surface area contributed by atoms with Crippen molar-refractivity contribution in [3.8, 4) is 11.5 Å². The van der Waals surface area contributed by atoms with Gasteiger partial charge in [0.1, 0.15) is 0 Å². The third-order valence-electron chi connectivity index (χ3n) is 3.61. The van der Waals surface area contributed by atoms with Gasteiger partial charge in [-0.2, -0.15) is 5.10 Å². The summed E-state index contributed by atoms with van der Waals surface area (Å²) in [6.07, 6.45) is 0.919. The van der Waals surface area contributed by atoms with E-state index in [2.05, 4.69) is 20.5 Å². The van der Waals surface area contributed by atoms with Gasteiger partial charge in [0, 0.05) is 25.9 Å². The molecular formula is C19H25N5O4. The van der Waals surface area contributed by atoms with E-state index in [0.717, 1.165) is 5.56 Å². The highest BCUT2D eigenvalue weighted by molar-refractivity contribution is 5.82. The minimum Gasteiger partial charge on any atom is -0.490 e. The highest BCUT2D eigenvalue weighted by Crippen LogP contribution is 2.29. The van der Waals surface area contributed by atoms with Gasteiger partial charge in [-0.05, 0) is 44.5 Å². The average molecular weight is 387 g/mol. The van der Waals surface area contributed by atoms with Gasteiger partial charge in [-0.15, -0.1) is 0 Å². The number of nitrogens with zero attached hydrogens (tertiary/aromatic N) is 3. The summed E-state index contributed by atoms with van der Waals surface area (Å²) in [7, 11) is 3.35. The summed E-state index contributed by atoms with van der Waals surface area (Å²) in [4.78, 5) is 31.6. The van der Waals surface area contributed by atoms with Crippen molar-refractivity contribution in [2.24, 2.45) is 5.10 Å². The molecule has 0 aliphatic heterocycles. The first-order valence-electron chi connectivity index (χ1n) is 8.82. The molecular weight excluding hydrogens is 362 g/mol. The number of hydrogen-bond donors (Lipinski definition) is 2. The summed E-state index contributed by atoms with van der Waals surface area (Å²) in [5.41, 5.74) is 3.75. The van der Waals surface area contributed by atoms with Crippen LogP contribution in [0.2, 0.25) is 0 Å². The number of nitrogens with one attached hydrogen (secondary N) is 2. The van der Waals surface area contributed by atoms with Gasteiger partial charge in [-0.3, -0.25) is 14.6 Å². The lowest BCUT2D eigenvalue weighted by molar-refractivity contribution is -0.135. The van der Waals surface area contributed by atoms with E-state index >= 15 is 0 Å². The van der Waals surface area contributed by atoms with E-state index in [-0.39, 0.29) is 17.4 Å². The molecule has 1 heterocycles. The van der Waals surface area contributed by atoms with Crippen LogP contribution in [0, 0.1) is 6.92 Å². The van der Waals surface area contributed by atoms with Gasteiger partial charge in [0.05, 0.1) is 12.8 Å². The number of aromatic nitrogens is 2. The fourth-order valence-electron chi connectivity index (χ4n) is 2.38. The molecule has 0 unspecified atom stereocenters. The van der Waals surface area contributed by atoms with Gasteiger partial charge in [-0.1, -0.05) is 0 Å². The van der Waals surface area contributed by atoms with E-state index in [4.69, 9.17) is 9.47 Å². The van der Waals surface area contributed by atoms with Crippen molar-refractivity contribution in [2.45, 2.75) is 26.9 Å². The van der Waals surface area contributed by atoms with Gasteiger partial charge in [-0.25, -0.2) is 10.4 Å². The van der Waals surface area contributed by atoms with Crippen LogP contribution in [0.15, 0.2) is 34.2 Å². The number of ether oxygens (including phenoxy) is 2. The Balaban J connectivity index is 2.14. The first-order chi connectivity index (χ1) is 13.3. The van der Waals surface area contributed by atoms with Crippen molar-refractivity contribution in [3.05, 3.63) is 45.9 Å². The fraction of sp³-hybridized carbons (Fsp3) is 0.368. The van der Waals surface area contributed by atoms with E-state index in [9.17, 15) is 9.59 Å². The van der Waals surface area contributed by atoms with Crippen LogP contribution in [-0.2, 0) is 4.79 Å². The maximum atomic E-state index is 12.0. The van der Waals surface area contributed by atoms with Crippen LogP contribution in [0.3, 0.4) is 0 Å². The molecule has 2 aromatic rings. The number of aryl methyl sites for hydroxylation is 1. The van der Waals surface area contributed by atoms with Crippen LogP contribution in [0.5, 0.6) is 11.5 Å². The van der Waals surface area contributed by atoms with Gasteiger partial charge >= 0.3 is 0 Å². The maximum Gasteiger partial charge on any atom is 0.262 e. The molecule has 1 aromatic heterocycles. The summed E-state index contributed by atoms with van der Waals surface area (Å²) < 4.78 is 11.4. The molecule has 2 N–H and O–H groups in total. The number of carbonyl (C=O) groups is 1. The summed E-state index contributed by atoms with van der Waals surface area (Å²) in [6, 6.07) is 6.65. The number of amides is 1. The number of rotatable bonds is 8. The molecule has 0 radical (unpaired) electrons. The number of likely N-dealkylation sites (N-methyl/N-ethyl adjacent to an activating group) is 1. The third kappa shape index (κ3) is 5.83. The number of aromatic amines is 1. The number of H-pyrrole nitrogens is 1. The first kappa shape index (κ1) is 20.9. The number of hydrazone groups is 1. The molecule has 0 spiro atoms. The van der Waals surface area contributed by atoms with Gasteiger partial charge in [0.25, 0.3) is 11.5 Å². The van der Waals surface area contributed by atoms with E-state index in [1.807, 2.05) is 6.92 Å². The van der Waals surface area contributed by atoms with Crippen molar-refractivity contribution >= 4 is 18.1 Å². The molecule has 9 heteroatoms. The zero-order valence-electron chi connectivity index (χ0n) is 16.6. The quantitative estimate of drug-likeness (QED) is 0.528. The second-order valence-corrected chi connectivity index (χ2v) is 6.24. The topological polar surface area (TPSA) is 109 Å². The molecule has 150 valence electrons. The zero-order valence-corrected chi connectivity index (χ0v) is 16.6. The largest absolute Gasteiger partial charge is 0.490 e. The molecule has 1 aromatic carbocycles. The van der Waals surface area contributed by atoms with Crippen molar-refractivity contribution in [3.63, 3.8) is 0 Å². The summed E-state index contributed by atoms with van der Waals surface area (Å²) >= 11 is 0. The number of anilines is 1. The minimum absolute atomic E-state index is 0.142. The minimum atomic E-state index is -0.639. The van der Waals surface area contributed by atoms with E-state index in [1.165, 1.54) is 11.0 Å². The molecule has 0 aliphatic carbocycles. The average Bonchev–Trinajstić information content (AvgIpc) is 2.62. The molecule has 1 amide bonds. The molecule has 0 fully saturated rings. The molecule has 0 saturated heterocycles. The van der Waals surface area contributed by atoms with Gasteiger partial charge in [0.15, 0.2) is 17.6 Å². The Morgan fingerprint density at radius 3 is 2.75 bits per heavy atom. The van der Waals surface area contributed by atoms with Crippen LogP contribution < -0.4 is 20.5 Å². The van der Waals surface area contributed by atoms with Crippen molar-refractivity contribution < 1.29 is 14.3 Å². The van der Waals surface area contributed by atoms with Crippen LogP contribution in [0.4, 0.5) is 5.95 Å². The molecule has 28 heavy (non-hydrogen) atoms. The lowest BCUT2D eigenvalue weighted by atomic mass is 10.2. The van der Waals surface area contributed by atoms with Gasteiger partial charge < -0.3 is 14.4 Å². The van der Waals surface area contributed by atoms with Crippen LogP contribution >= 0.6 is 0 Å². The Hall–Kier alpha value is -3.36. The predicted molar refractivity (Wildman–Crippen MR) is 107 cm³/mol. The van der Waals surface area contributed by atoms with E-state index < -0.39 is 6.10 Å². The van der Waals surface area contributed by atoms with Crippen LogP contribution in [-0.4, -0.2) is 53.8 Å². The lowest BCUT2D eigenvalue weighted by Gasteiger charge is -2.20. The predicted octanol–water partition coefficient (Wildman–Crippen LogP) is 1.78. The first-order valence-corrected chi connectivity index (χ1v) is 8.82. The molecule has 9 nitrogen and oxygen atoms in total. The van der Waals surface area contributed by atoms with Crippen molar-refractivity contribution in [2.75, 3.05) is 26.1 Å². The highest BCUT2D eigenvalue weighted by Gasteiger charge is 2.18. The van der Waals surface area contributed by atoms with Crippen LogP contribution in [0.1, 0.15) is 25.1 Å². The second kappa shape index (κ2) is 9.54. The Morgan fingerprint density at radius 2 is 2.11 bits per heavy atom. The second-order valence-electron chi connectivity index (χ2n) is 6.24. The fourth-order valence-corrected chi connectivity index (χ4v) is 2.38. The number of carbonyl (C=O) groups excluding carboxylic acids is 1. The summed E-state index contributed by atoms with van der Waals surface area (Å²) in [6.45, 7) is 5.71. The normalized spacial score (nSPS) is 11.9. The number of hydrogen-bond acceptors (Lipinski definition) is 7. The molecule has 0 aliphatic rings. The Morgan fingerprint density at radius 1 is 1.36 bits per heavy atom. The molecule has 2 rings (SSSR count). The molecule has 0 bridgehead atoms. The lowest BCUT2D eigenvalue weighted by Crippen LogP contribution is -2.35. The Labute approximate surface area is 163 Å². The number of benzene rings is 1. The third-order valence-corrected chi connectivity index (χ3v) is 3.61. The molecule has 1 atom stereocenters. The van der Waals surface area contributed by atoms with E-state index in [1.54, 1.807) is 52.4 Å².